The molecule has 0 spiro atoms. The second kappa shape index (κ2) is 10.4. The fourth-order valence-corrected chi connectivity index (χ4v) is 4.76. The number of β-amino-alcohol motifs (C(OH)–C–C–N with tert-alkyl or cyclic N) is 1. The van der Waals surface area contributed by atoms with Crippen molar-refractivity contribution >= 4 is 22.8 Å². The average molecular weight is 509 g/mol. The highest BCUT2D eigenvalue weighted by molar-refractivity contribution is 6.10. The summed E-state index contributed by atoms with van der Waals surface area (Å²) in [5.41, 5.74) is 3.96. The Hall–Kier alpha value is -3.63. The van der Waals surface area contributed by atoms with Gasteiger partial charge in [-0.05, 0) is 49.9 Å². The number of amides is 2. The van der Waals surface area contributed by atoms with Gasteiger partial charge in [-0.25, -0.2) is 0 Å². The van der Waals surface area contributed by atoms with Crippen LogP contribution in [0, 0.1) is 12.8 Å². The molecule has 2 aliphatic rings. The smallest absolute Gasteiger partial charge is 0.255 e. The number of aryl methyl sites for hydroxylation is 1. The first kappa shape index (κ1) is 25.0. The largest absolute Gasteiger partial charge is 0.497 e. The standard InChI is InChI=1S/C27H32N4O6/c1-15-24(27(34)30-20-11-31(12-21(20)32)23(33)14-35-2)26-25(29-15)18(8-9-28-26)19-10-17(36-3)6-7-22(19)37-13-16-4-5-16/h6-10,16,20-21,29,32H,4-5,11-14H2,1-3H3,(H,30,34)/t20-,21+/m1/s1. The van der Waals surface area contributed by atoms with E-state index in [4.69, 9.17) is 14.2 Å². The summed E-state index contributed by atoms with van der Waals surface area (Å²) in [6.07, 6.45) is 3.17. The van der Waals surface area contributed by atoms with Crippen LogP contribution in [-0.2, 0) is 9.53 Å². The highest BCUT2D eigenvalue weighted by Gasteiger charge is 2.36. The Morgan fingerprint density at radius 2 is 2.00 bits per heavy atom. The van der Waals surface area contributed by atoms with Crippen LogP contribution in [0.15, 0.2) is 30.5 Å². The van der Waals surface area contributed by atoms with Crippen LogP contribution >= 0.6 is 0 Å². The molecule has 10 heteroatoms. The van der Waals surface area contributed by atoms with Gasteiger partial charge in [0.05, 0.1) is 36.9 Å². The second-order valence-electron chi connectivity index (χ2n) is 9.70. The molecule has 2 amide bonds. The zero-order valence-corrected chi connectivity index (χ0v) is 21.2. The average Bonchev–Trinajstić information content (AvgIpc) is 3.56. The Balaban J connectivity index is 1.44. The van der Waals surface area contributed by atoms with Crippen LogP contribution in [0.4, 0.5) is 0 Å². The van der Waals surface area contributed by atoms with E-state index in [9.17, 15) is 14.7 Å². The molecule has 10 nitrogen and oxygen atoms in total. The monoisotopic (exact) mass is 508 g/mol. The molecule has 2 aromatic heterocycles. The number of pyridine rings is 1. The molecule has 1 aliphatic heterocycles. The number of aliphatic hydroxyl groups excluding tert-OH is 1. The highest BCUT2D eigenvalue weighted by Crippen LogP contribution is 2.39. The quantitative estimate of drug-likeness (QED) is 0.405. The number of aromatic nitrogens is 2. The molecule has 196 valence electrons. The van der Waals surface area contributed by atoms with Crippen molar-refractivity contribution in [3.8, 4) is 22.6 Å². The predicted octanol–water partition coefficient (Wildman–Crippen LogP) is 2.28. The lowest BCUT2D eigenvalue weighted by molar-refractivity contribution is -0.134. The second-order valence-corrected chi connectivity index (χ2v) is 9.70. The minimum Gasteiger partial charge on any atom is -0.497 e. The number of likely N-dealkylation sites (tertiary alicyclic amines) is 1. The van der Waals surface area contributed by atoms with Crippen molar-refractivity contribution in [2.45, 2.75) is 31.9 Å². The van der Waals surface area contributed by atoms with Gasteiger partial charge in [-0.15, -0.1) is 0 Å². The fraction of sp³-hybridized carbons (Fsp3) is 0.444. The molecular weight excluding hydrogens is 476 g/mol. The molecule has 1 saturated carbocycles. The van der Waals surface area contributed by atoms with Crippen molar-refractivity contribution < 1.29 is 28.9 Å². The summed E-state index contributed by atoms with van der Waals surface area (Å²) in [5.74, 6) is 1.44. The lowest BCUT2D eigenvalue weighted by atomic mass is 10.0. The Bertz CT molecular complexity index is 1320. The van der Waals surface area contributed by atoms with E-state index in [-0.39, 0.29) is 31.5 Å². The number of benzene rings is 1. The van der Waals surface area contributed by atoms with Gasteiger partial charge >= 0.3 is 0 Å². The third kappa shape index (κ3) is 5.12. The summed E-state index contributed by atoms with van der Waals surface area (Å²) in [6.45, 7) is 2.76. The number of H-pyrrole nitrogens is 1. The van der Waals surface area contributed by atoms with Crippen LogP contribution in [0.25, 0.3) is 22.2 Å². The normalized spacial score (nSPS) is 19.3. The van der Waals surface area contributed by atoms with Crippen molar-refractivity contribution in [2.75, 3.05) is 40.5 Å². The Morgan fingerprint density at radius 1 is 1.19 bits per heavy atom. The molecule has 0 unspecified atom stereocenters. The van der Waals surface area contributed by atoms with Crippen LogP contribution in [0.1, 0.15) is 28.9 Å². The predicted molar refractivity (Wildman–Crippen MR) is 137 cm³/mol. The van der Waals surface area contributed by atoms with Crippen LogP contribution < -0.4 is 14.8 Å². The molecule has 3 aromatic rings. The number of aromatic amines is 1. The van der Waals surface area contributed by atoms with Crippen molar-refractivity contribution in [1.82, 2.24) is 20.2 Å². The van der Waals surface area contributed by atoms with Gasteiger partial charge < -0.3 is 34.5 Å². The molecule has 3 heterocycles. The van der Waals surface area contributed by atoms with Gasteiger partial charge in [0.15, 0.2) is 0 Å². The molecule has 0 bridgehead atoms. The van der Waals surface area contributed by atoms with Gasteiger partial charge in [0.1, 0.15) is 23.6 Å². The molecule has 1 aliphatic carbocycles. The topological polar surface area (TPSA) is 126 Å². The van der Waals surface area contributed by atoms with Crippen LogP contribution in [0.3, 0.4) is 0 Å². The van der Waals surface area contributed by atoms with Crippen molar-refractivity contribution in [1.29, 1.82) is 0 Å². The van der Waals surface area contributed by atoms with Crippen molar-refractivity contribution in [3.63, 3.8) is 0 Å². The molecule has 1 aromatic carbocycles. The van der Waals surface area contributed by atoms with E-state index in [1.165, 1.54) is 24.9 Å². The van der Waals surface area contributed by atoms with Gasteiger partial charge in [-0.1, -0.05) is 0 Å². The molecule has 1 saturated heterocycles. The molecule has 0 radical (unpaired) electrons. The molecule has 37 heavy (non-hydrogen) atoms. The van der Waals surface area contributed by atoms with Gasteiger partial charge in [0, 0.05) is 43.2 Å². The number of methoxy groups -OCH3 is 2. The molecule has 2 atom stereocenters. The van der Waals surface area contributed by atoms with Gasteiger partial charge in [0.2, 0.25) is 5.91 Å². The van der Waals surface area contributed by atoms with E-state index in [1.807, 2.05) is 31.2 Å². The first-order chi connectivity index (χ1) is 17.9. The number of carbonyl (C=O) groups is 2. The first-order valence-electron chi connectivity index (χ1n) is 12.4. The van der Waals surface area contributed by atoms with E-state index in [1.54, 1.807) is 13.3 Å². The Labute approximate surface area is 214 Å². The Morgan fingerprint density at radius 3 is 2.73 bits per heavy atom. The lowest BCUT2D eigenvalue weighted by Gasteiger charge is -2.16. The Kier molecular flexibility index (Phi) is 7.03. The zero-order chi connectivity index (χ0) is 26.1. The molecule has 3 N–H and O–H groups in total. The number of hydrogen-bond acceptors (Lipinski definition) is 7. The number of nitrogens with one attached hydrogen (secondary N) is 2. The van der Waals surface area contributed by atoms with E-state index in [0.717, 1.165) is 16.9 Å². The minimum atomic E-state index is -0.873. The number of fused-ring (bicyclic) bond motifs is 1. The summed E-state index contributed by atoms with van der Waals surface area (Å²) in [5, 5.41) is 13.4. The van der Waals surface area contributed by atoms with Crippen molar-refractivity contribution in [2.24, 2.45) is 5.92 Å². The van der Waals surface area contributed by atoms with E-state index >= 15 is 0 Å². The summed E-state index contributed by atoms with van der Waals surface area (Å²) in [7, 11) is 3.06. The SMILES string of the molecule is COCC(=O)N1C[C@H](O)[C@H](NC(=O)c2c(C)[nH]c3c(-c4cc(OC)ccc4OCC4CC4)ccnc23)C1. The maximum absolute atomic E-state index is 13.4. The molecule has 5 rings (SSSR count). The fourth-order valence-electron chi connectivity index (χ4n) is 4.76. The van der Waals surface area contributed by atoms with Crippen LogP contribution in [0.5, 0.6) is 11.5 Å². The lowest BCUT2D eigenvalue weighted by Crippen LogP contribution is -2.43. The number of rotatable bonds is 9. The number of carbonyl (C=O) groups excluding carboxylic acids is 2. The molecular formula is C27H32N4O6. The van der Waals surface area contributed by atoms with Crippen LogP contribution in [-0.4, -0.2) is 84.5 Å². The molecule has 2 fully saturated rings. The van der Waals surface area contributed by atoms with E-state index in [2.05, 4.69) is 15.3 Å². The number of aliphatic hydroxyl groups is 1. The van der Waals surface area contributed by atoms with Crippen LogP contribution in [0.2, 0.25) is 0 Å². The number of nitrogens with zero attached hydrogens (tertiary/aromatic N) is 2. The van der Waals surface area contributed by atoms with Crippen molar-refractivity contribution in [3.05, 3.63) is 41.7 Å². The van der Waals surface area contributed by atoms with E-state index in [0.29, 0.717) is 40.6 Å². The van der Waals surface area contributed by atoms with E-state index < -0.39 is 12.1 Å². The minimum absolute atomic E-state index is 0.0712. The first-order valence-corrected chi connectivity index (χ1v) is 12.4. The highest BCUT2D eigenvalue weighted by atomic mass is 16.5. The van der Waals surface area contributed by atoms with Gasteiger partial charge in [-0.3, -0.25) is 14.6 Å². The third-order valence-corrected chi connectivity index (χ3v) is 6.98. The third-order valence-electron chi connectivity index (χ3n) is 6.98. The maximum Gasteiger partial charge on any atom is 0.255 e. The summed E-state index contributed by atoms with van der Waals surface area (Å²) in [4.78, 5) is 34.9. The summed E-state index contributed by atoms with van der Waals surface area (Å²) in [6, 6.07) is 6.99. The van der Waals surface area contributed by atoms with Gasteiger partial charge in [-0.2, -0.15) is 0 Å². The number of hydrogen-bond donors (Lipinski definition) is 3. The maximum atomic E-state index is 13.4. The summed E-state index contributed by atoms with van der Waals surface area (Å²) >= 11 is 0. The van der Waals surface area contributed by atoms with Gasteiger partial charge in [0.25, 0.3) is 5.91 Å². The number of ether oxygens (including phenoxy) is 3. The summed E-state index contributed by atoms with van der Waals surface area (Å²) < 4.78 is 16.5. The zero-order valence-electron chi connectivity index (χ0n) is 21.2.